The van der Waals surface area contributed by atoms with Gasteiger partial charge in [0.1, 0.15) is 16.0 Å². The highest BCUT2D eigenvalue weighted by Gasteiger charge is 2.09. The topological polar surface area (TPSA) is 90.1 Å². The van der Waals surface area contributed by atoms with E-state index in [1.54, 1.807) is 35.1 Å². The minimum Gasteiger partial charge on any atom is -0.293 e. The number of benzene rings is 2. The Hall–Kier alpha value is -3.34. The second-order valence-corrected chi connectivity index (χ2v) is 11.1. The molecular weight excluding hydrogens is 690 g/mol. The van der Waals surface area contributed by atoms with Crippen LogP contribution < -0.4 is 0 Å². The number of carbonyl (C=O) groups is 2. The third kappa shape index (κ3) is 7.62. The Kier molecular flexibility index (Phi) is 9.66. The summed E-state index contributed by atoms with van der Waals surface area (Å²) in [6.45, 7) is 3.84. The van der Waals surface area contributed by atoms with Crippen molar-refractivity contribution in [2.45, 2.75) is 20.4 Å². The Labute approximate surface area is 250 Å². The summed E-state index contributed by atoms with van der Waals surface area (Å²) in [5, 5.41) is 5.36. The van der Waals surface area contributed by atoms with Crippen LogP contribution in [0.2, 0.25) is 0 Å². The van der Waals surface area contributed by atoms with Gasteiger partial charge in [-0.2, -0.15) is 5.10 Å². The van der Waals surface area contributed by atoms with Crippen LogP contribution in [0.1, 0.15) is 46.0 Å². The SMILES string of the molecule is Brc1ccc2c(c1)CN=C2.CC(=O)c1cccc(-n2ncc3ccc(Br)cc32)n1.CC(=O)c1cccc(Br)n1. The van der Waals surface area contributed by atoms with Gasteiger partial charge in [0.2, 0.25) is 0 Å². The maximum absolute atomic E-state index is 11.4. The molecular formula is C29H22Br3N5O2. The Morgan fingerprint density at radius 1 is 0.795 bits per heavy atom. The first kappa shape index (κ1) is 28.7. The largest absolute Gasteiger partial charge is 0.293 e. The van der Waals surface area contributed by atoms with Gasteiger partial charge in [-0.25, -0.2) is 14.6 Å². The highest BCUT2D eigenvalue weighted by Crippen LogP contribution is 2.22. The summed E-state index contributed by atoms with van der Waals surface area (Å²) in [7, 11) is 0. The molecule has 7 nitrogen and oxygen atoms in total. The molecule has 0 amide bonds. The Morgan fingerprint density at radius 2 is 1.46 bits per heavy atom. The van der Waals surface area contributed by atoms with E-state index < -0.39 is 0 Å². The standard InChI is InChI=1S/C14H10BrN3O.C8H6BrN.C7H6BrNO/c1-9(19)12-3-2-4-14(17-12)18-13-7-11(15)6-5-10(13)8-16-18;9-8-2-1-6-4-10-5-7(6)3-8;1-5(10)6-3-2-4-7(8)9-6/h2-8H,1H3;1-4H,5H2;2-4H,1H3. The lowest BCUT2D eigenvalue weighted by Crippen LogP contribution is -2.04. The molecule has 4 heterocycles. The number of rotatable bonds is 3. The zero-order valence-electron chi connectivity index (χ0n) is 21.0. The van der Waals surface area contributed by atoms with Crippen LogP contribution in [-0.2, 0) is 6.54 Å². The minimum atomic E-state index is -0.0560. The van der Waals surface area contributed by atoms with Crippen LogP contribution in [0.4, 0.5) is 0 Å². The number of aliphatic imine (C=N–C) groups is 1. The van der Waals surface area contributed by atoms with Gasteiger partial charge in [0.25, 0.3) is 0 Å². The van der Waals surface area contributed by atoms with Gasteiger partial charge in [-0.3, -0.25) is 14.6 Å². The Morgan fingerprint density at radius 3 is 2.15 bits per heavy atom. The molecule has 0 saturated carbocycles. The van der Waals surface area contributed by atoms with Gasteiger partial charge in [0.15, 0.2) is 17.4 Å². The maximum atomic E-state index is 11.4. The summed E-state index contributed by atoms with van der Waals surface area (Å²) >= 11 is 10.0. The monoisotopic (exact) mass is 709 g/mol. The number of Topliss-reactive ketones (excluding diaryl/α,β-unsaturated/α-hetero) is 2. The first-order valence-corrected chi connectivity index (χ1v) is 14.1. The second-order valence-electron chi connectivity index (χ2n) is 8.41. The van der Waals surface area contributed by atoms with Gasteiger partial charge in [-0.1, -0.05) is 56.1 Å². The fourth-order valence-electron chi connectivity index (χ4n) is 3.60. The van der Waals surface area contributed by atoms with E-state index in [1.165, 1.54) is 25.0 Å². The third-order valence-electron chi connectivity index (χ3n) is 5.52. The lowest BCUT2D eigenvalue weighted by atomic mass is 10.1. The molecule has 5 aromatic rings. The molecule has 0 atom stereocenters. The maximum Gasteiger partial charge on any atom is 0.178 e. The van der Waals surface area contributed by atoms with Crippen LogP contribution in [0.5, 0.6) is 0 Å². The first-order chi connectivity index (χ1) is 18.7. The van der Waals surface area contributed by atoms with Crippen LogP contribution in [0.3, 0.4) is 0 Å². The van der Waals surface area contributed by atoms with Gasteiger partial charge >= 0.3 is 0 Å². The van der Waals surface area contributed by atoms with E-state index in [9.17, 15) is 9.59 Å². The van der Waals surface area contributed by atoms with E-state index in [4.69, 9.17) is 0 Å². The zero-order valence-corrected chi connectivity index (χ0v) is 25.7. The molecule has 6 rings (SSSR count). The molecule has 2 aromatic carbocycles. The van der Waals surface area contributed by atoms with E-state index >= 15 is 0 Å². The second kappa shape index (κ2) is 13.1. The van der Waals surface area contributed by atoms with Crippen LogP contribution in [0.15, 0.2) is 97.5 Å². The van der Waals surface area contributed by atoms with Gasteiger partial charge < -0.3 is 0 Å². The molecule has 0 aliphatic carbocycles. The summed E-state index contributed by atoms with van der Waals surface area (Å²) < 4.78 is 4.54. The van der Waals surface area contributed by atoms with Gasteiger partial charge in [-0.15, -0.1) is 0 Å². The number of aromatic nitrogens is 4. The molecule has 10 heteroatoms. The number of nitrogens with zero attached hydrogens (tertiary/aromatic N) is 5. The predicted octanol–water partition coefficient (Wildman–Crippen LogP) is 7.81. The average Bonchev–Trinajstić information content (AvgIpc) is 3.56. The number of pyridine rings is 2. The van der Waals surface area contributed by atoms with Crippen molar-refractivity contribution < 1.29 is 9.59 Å². The van der Waals surface area contributed by atoms with Gasteiger partial charge in [-0.05, 0) is 75.6 Å². The van der Waals surface area contributed by atoms with Gasteiger partial charge in [0, 0.05) is 34.4 Å². The van der Waals surface area contributed by atoms with Crippen molar-refractivity contribution in [1.82, 2.24) is 19.7 Å². The quantitative estimate of drug-likeness (QED) is 0.141. The van der Waals surface area contributed by atoms with Crippen molar-refractivity contribution in [2.24, 2.45) is 4.99 Å². The summed E-state index contributed by atoms with van der Waals surface area (Å²) in [4.78, 5) is 34.5. The van der Waals surface area contributed by atoms with Crippen molar-refractivity contribution in [3.8, 4) is 5.82 Å². The smallest absolute Gasteiger partial charge is 0.178 e. The van der Waals surface area contributed by atoms with Crippen molar-refractivity contribution in [3.63, 3.8) is 0 Å². The van der Waals surface area contributed by atoms with Crippen LogP contribution in [0, 0.1) is 0 Å². The predicted molar refractivity (Wildman–Crippen MR) is 164 cm³/mol. The lowest BCUT2D eigenvalue weighted by molar-refractivity contribution is 0.100. The van der Waals surface area contributed by atoms with Crippen molar-refractivity contribution >= 4 is 76.5 Å². The van der Waals surface area contributed by atoms with E-state index in [2.05, 4.69) is 80.0 Å². The molecule has 0 N–H and O–H groups in total. The Balaban J connectivity index is 0.000000149. The lowest BCUT2D eigenvalue weighted by Gasteiger charge is -2.04. The fourth-order valence-corrected chi connectivity index (χ4v) is 4.70. The Bertz CT molecular complexity index is 1700. The summed E-state index contributed by atoms with van der Waals surface area (Å²) in [5.74, 6) is 0.571. The molecule has 0 unspecified atom stereocenters. The van der Waals surface area contributed by atoms with Crippen molar-refractivity contribution in [2.75, 3.05) is 0 Å². The summed E-state index contributed by atoms with van der Waals surface area (Å²) in [6, 6.07) is 22.8. The molecule has 1 aliphatic rings. The number of halogens is 3. The molecule has 0 spiro atoms. The highest BCUT2D eigenvalue weighted by molar-refractivity contribution is 9.11. The summed E-state index contributed by atoms with van der Waals surface area (Å²) in [5.41, 5.74) is 4.45. The molecule has 0 fully saturated rings. The molecule has 1 aliphatic heterocycles. The molecule has 196 valence electrons. The minimum absolute atomic E-state index is 0.0127. The molecule has 0 saturated heterocycles. The summed E-state index contributed by atoms with van der Waals surface area (Å²) in [6.07, 6.45) is 3.70. The zero-order chi connectivity index (χ0) is 27.9. The molecule has 0 bridgehead atoms. The number of hydrogen-bond donors (Lipinski definition) is 0. The number of hydrogen-bond acceptors (Lipinski definition) is 6. The fraction of sp³-hybridized carbons (Fsp3) is 0.103. The number of ketones is 2. The molecule has 39 heavy (non-hydrogen) atoms. The average molecular weight is 712 g/mol. The normalized spacial score (nSPS) is 11.2. The molecule has 3 aromatic heterocycles. The van der Waals surface area contributed by atoms with Crippen molar-refractivity contribution in [1.29, 1.82) is 0 Å². The van der Waals surface area contributed by atoms with E-state index in [1.807, 2.05) is 42.6 Å². The van der Waals surface area contributed by atoms with Crippen molar-refractivity contribution in [3.05, 3.63) is 115 Å². The van der Waals surface area contributed by atoms with Crippen LogP contribution in [0.25, 0.3) is 16.7 Å². The van der Waals surface area contributed by atoms with E-state index in [-0.39, 0.29) is 11.6 Å². The highest BCUT2D eigenvalue weighted by atomic mass is 79.9. The number of fused-ring (bicyclic) bond motifs is 2. The van der Waals surface area contributed by atoms with Gasteiger partial charge in [0.05, 0.1) is 18.3 Å². The number of carbonyl (C=O) groups excluding carboxylic acids is 2. The first-order valence-electron chi connectivity index (χ1n) is 11.7. The van der Waals surface area contributed by atoms with Crippen LogP contribution >= 0.6 is 47.8 Å². The third-order valence-corrected chi connectivity index (χ3v) is 6.95. The van der Waals surface area contributed by atoms with E-state index in [0.717, 1.165) is 26.4 Å². The van der Waals surface area contributed by atoms with E-state index in [0.29, 0.717) is 21.8 Å². The molecule has 0 radical (unpaired) electrons. The van der Waals surface area contributed by atoms with Crippen LogP contribution in [-0.4, -0.2) is 37.5 Å².